The maximum absolute atomic E-state index is 12.5. The van der Waals surface area contributed by atoms with Crippen LogP contribution in [0.2, 0.25) is 0 Å². The number of nitrogens with zero attached hydrogens (tertiary/aromatic N) is 2. The van der Waals surface area contributed by atoms with Crippen LogP contribution in [0.25, 0.3) is 0 Å². The molecule has 0 unspecified atom stereocenters. The van der Waals surface area contributed by atoms with Gasteiger partial charge in [0.15, 0.2) is 0 Å². The van der Waals surface area contributed by atoms with Crippen LogP contribution in [-0.2, 0) is 6.54 Å². The van der Waals surface area contributed by atoms with Crippen molar-refractivity contribution < 1.29 is 4.79 Å². The van der Waals surface area contributed by atoms with Crippen molar-refractivity contribution in [2.75, 3.05) is 18.4 Å². The number of pyridine rings is 1. The summed E-state index contributed by atoms with van der Waals surface area (Å²) in [7, 11) is 0. The number of piperidine rings is 1. The molecule has 5 nitrogen and oxygen atoms in total. The van der Waals surface area contributed by atoms with Gasteiger partial charge >= 0.3 is 0 Å². The molecule has 124 valence electrons. The number of carbonyl (C=O) groups is 1. The Morgan fingerprint density at radius 2 is 1.88 bits per heavy atom. The molecule has 1 amide bonds. The zero-order valence-electron chi connectivity index (χ0n) is 13.9. The lowest BCUT2D eigenvalue weighted by atomic mass is 9.91. The van der Waals surface area contributed by atoms with Gasteiger partial charge in [0.1, 0.15) is 5.66 Å². The van der Waals surface area contributed by atoms with Gasteiger partial charge in [-0.3, -0.25) is 14.7 Å². The lowest BCUT2D eigenvalue weighted by Crippen LogP contribution is -2.62. The highest BCUT2D eigenvalue weighted by molar-refractivity contribution is 6.02. The quantitative estimate of drug-likeness (QED) is 0.892. The number of hydrogen-bond acceptors (Lipinski definition) is 4. The van der Waals surface area contributed by atoms with Gasteiger partial charge in [-0.2, -0.15) is 0 Å². The predicted octanol–water partition coefficient (Wildman–Crippen LogP) is 2.54. The van der Waals surface area contributed by atoms with E-state index in [0.29, 0.717) is 0 Å². The van der Waals surface area contributed by atoms with Gasteiger partial charge in [-0.1, -0.05) is 12.1 Å². The second kappa shape index (κ2) is 5.91. The summed E-state index contributed by atoms with van der Waals surface area (Å²) in [4.78, 5) is 19.0. The van der Waals surface area contributed by atoms with Crippen molar-refractivity contribution in [1.82, 2.24) is 15.2 Å². The summed E-state index contributed by atoms with van der Waals surface area (Å²) in [6.45, 7) is 4.90. The van der Waals surface area contributed by atoms with Crippen molar-refractivity contribution in [3.8, 4) is 0 Å². The number of para-hydroxylation sites is 1. The van der Waals surface area contributed by atoms with Crippen LogP contribution in [0.1, 0.15) is 34.3 Å². The van der Waals surface area contributed by atoms with Crippen molar-refractivity contribution in [1.29, 1.82) is 0 Å². The summed E-state index contributed by atoms with van der Waals surface area (Å²) < 4.78 is 0. The first kappa shape index (κ1) is 15.1. The van der Waals surface area contributed by atoms with E-state index in [0.717, 1.165) is 49.3 Å². The fourth-order valence-electron chi connectivity index (χ4n) is 3.67. The van der Waals surface area contributed by atoms with E-state index in [9.17, 15) is 4.79 Å². The molecule has 2 aromatic rings. The van der Waals surface area contributed by atoms with Gasteiger partial charge in [-0.05, 0) is 36.2 Å². The summed E-state index contributed by atoms with van der Waals surface area (Å²) >= 11 is 0. The summed E-state index contributed by atoms with van der Waals surface area (Å²) in [5.74, 6) is 0.0371. The Kier molecular flexibility index (Phi) is 3.73. The Morgan fingerprint density at radius 3 is 2.62 bits per heavy atom. The molecule has 1 aromatic heterocycles. The Bertz CT molecular complexity index is 751. The number of amides is 1. The molecular weight excluding hydrogens is 300 g/mol. The molecule has 1 aromatic carbocycles. The lowest BCUT2D eigenvalue weighted by molar-refractivity contribution is 0.0822. The van der Waals surface area contributed by atoms with Gasteiger partial charge in [0.2, 0.25) is 0 Å². The maximum atomic E-state index is 12.5. The number of carbonyl (C=O) groups excluding carboxylic acids is 1. The van der Waals surface area contributed by atoms with E-state index < -0.39 is 0 Å². The minimum atomic E-state index is -0.315. The first-order valence-electron chi connectivity index (χ1n) is 8.47. The maximum Gasteiger partial charge on any atom is 0.255 e. The monoisotopic (exact) mass is 322 g/mol. The van der Waals surface area contributed by atoms with Crippen LogP contribution in [0.15, 0.2) is 42.7 Å². The molecule has 24 heavy (non-hydrogen) atoms. The van der Waals surface area contributed by atoms with Gasteiger partial charge < -0.3 is 10.6 Å². The molecule has 2 aliphatic heterocycles. The van der Waals surface area contributed by atoms with E-state index in [-0.39, 0.29) is 11.6 Å². The number of hydrogen-bond donors (Lipinski definition) is 2. The van der Waals surface area contributed by atoms with Crippen LogP contribution in [0.3, 0.4) is 0 Å². The van der Waals surface area contributed by atoms with E-state index >= 15 is 0 Å². The topological polar surface area (TPSA) is 57.3 Å². The van der Waals surface area contributed by atoms with Crippen molar-refractivity contribution in [3.63, 3.8) is 0 Å². The van der Waals surface area contributed by atoms with Crippen LogP contribution in [-0.4, -0.2) is 34.5 Å². The molecule has 0 bridgehead atoms. The lowest BCUT2D eigenvalue weighted by Gasteiger charge is -2.46. The Morgan fingerprint density at radius 1 is 1.12 bits per heavy atom. The highest BCUT2D eigenvalue weighted by Crippen LogP contribution is 2.33. The van der Waals surface area contributed by atoms with Crippen LogP contribution >= 0.6 is 0 Å². The number of aromatic nitrogens is 1. The molecule has 1 spiro atoms. The molecule has 5 heteroatoms. The van der Waals surface area contributed by atoms with Gasteiger partial charge in [-0.25, -0.2) is 0 Å². The van der Waals surface area contributed by atoms with Crippen LogP contribution < -0.4 is 10.6 Å². The average molecular weight is 322 g/mol. The van der Waals surface area contributed by atoms with E-state index in [1.54, 1.807) is 0 Å². The number of benzene rings is 1. The standard InChI is InChI=1S/C19H22N4O/c1-14-3-2-4-16-17(14)21-19(22-18(16)24)7-11-23(12-8-19)13-15-5-9-20-10-6-15/h2-6,9-10,21H,7-8,11-13H2,1H3,(H,22,24). The molecule has 3 heterocycles. The molecule has 1 saturated heterocycles. The summed E-state index contributed by atoms with van der Waals surface area (Å²) in [5.41, 5.74) is 3.83. The summed E-state index contributed by atoms with van der Waals surface area (Å²) in [6.07, 6.45) is 5.47. The largest absolute Gasteiger partial charge is 0.362 e. The van der Waals surface area contributed by atoms with Crippen molar-refractivity contribution in [2.45, 2.75) is 32.0 Å². The van der Waals surface area contributed by atoms with E-state index in [1.807, 2.05) is 24.5 Å². The first-order valence-corrected chi connectivity index (χ1v) is 8.47. The smallest absolute Gasteiger partial charge is 0.255 e. The zero-order chi connectivity index (χ0) is 16.6. The fraction of sp³-hybridized carbons (Fsp3) is 0.368. The van der Waals surface area contributed by atoms with Gasteiger partial charge in [0, 0.05) is 44.9 Å². The van der Waals surface area contributed by atoms with Gasteiger partial charge in [-0.15, -0.1) is 0 Å². The van der Waals surface area contributed by atoms with E-state index in [1.165, 1.54) is 5.56 Å². The number of anilines is 1. The Balaban J connectivity index is 1.47. The number of fused-ring (bicyclic) bond motifs is 1. The zero-order valence-corrected chi connectivity index (χ0v) is 13.9. The summed E-state index contributed by atoms with van der Waals surface area (Å²) in [5, 5.41) is 6.84. The molecule has 0 radical (unpaired) electrons. The Hall–Kier alpha value is -2.40. The molecule has 1 fully saturated rings. The highest BCUT2D eigenvalue weighted by Gasteiger charge is 2.40. The molecule has 0 atom stereocenters. The number of rotatable bonds is 2. The molecule has 0 aliphatic carbocycles. The van der Waals surface area contributed by atoms with Gasteiger partial charge in [0.05, 0.1) is 11.3 Å². The SMILES string of the molecule is Cc1cccc2c1NC1(CCN(Cc3ccncc3)CC1)NC2=O. The average Bonchev–Trinajstić information content (AvgIpc) is 2.59. The van der Waals surface area contributed by atoms with Crippen LogP contribution in [0.4, 0.5) is 5.69 Å². The third kappa shape index (κ3) is 2.76. The molecule has 0 saturated carbocycles. The van der Waals surface area contributed by atoms with E-state index in [4.69, 9.17) is 0 Å². The minimum absolute atomic E-state index is 0.0371. The predicted molar refractivity (Wildman–Crippen MR) is 93.7 cm³/mol. The number of nitrogens with one attached hydrogen (secondary N) is 2. The van der Waals surface area contributed by atoms with Crippen LogP contribution in [0.5, 0.6) is 0 Å². The minimum Gasteiger partial charge on any atom is -0.362 e. The van der Waals surface area contributed by atoms with Crippen LogP contribution in [0, 0.1) is 6.92 Å². The normalized spacial score (nSPS) is 19.5. The Labute approximate surface area is 142 Å². The molecule has 2 aliphatic rings. The second-order valence-electron chi connectivity index (χ2n) is 6.79. The van der Waals surface area contributed by atoms with Crippen molar-refractivity contribution in [3.05, 3.63) is 59.4 Å². The molecule has 2 N–H and O–H groups in total. The fourth-order valence-corrected chi connectivity index (χ4v) is 3.67. The van der Waals surface area contributed by atoms with Crippen molar-refractivity contribution in [2.24, 2.45) is 0 Å². The third-order valence-corrected chi connectivity index (χ3v) is 5.10. The van der Waals surface area contributed by atoms with Gasteiger partial charge in [0.25, 0.3) is 5.91 Å². The number of likely N-dealkylation sites (tertiary alicyclic amines) is 1. The van der Waals surface area contributed by atoms with Crippen molar-refractivity contribution >= 4 is 11.6 Å². The first-order chi connectivity index (χ1) is 11.7. The molecule has 4 rings (SSSR count). The number of aryl methyl sites for hydroxylation is 1. The summed E-state index contributed by atoms with van der Waals surface area (Å²) in [6, 6.07) is 9.99. The molecular formula is C19H22N4O. The second-order valence-corrected chi connectivity index (χ2v) is 6.79. The van der Waals surface area contributed by atoms with E-state index in [2.05, 4.69) is 45.6 Å². The highest BCUT2D eigenvalue weighted by atomic mass is 16.2. The third-order valence-electron chi connectivity index (χ3n) is 5.10.